The van der Waals surface area contributed by atoms with E-state index in [4.69, 9.17) is 4.74 Å². The predicted molar refractivity (Wildman–Crippen MR) is 126 cm³/mol. The number of halogens is 3. The molecule has 1 aliphatic carbocycles. The summed E-state index contributed by atoms with van der Waals surface area (Å²) in [6, 6.07) is 3.56. The third-order valence-electron chi connectivity index (χ3n) is 7.67. The maximum absolute atomic E-state index is 15.2. The van der Waals surface area contributed by atoms with Crippen LogP contribution in [0.5, 0.6) is 0 Å². The van der Waals surface area contributed by atoms with Crippen LogP contribution in [-0.2, 0) is 11.2 Å². The molecule has 0 bridgehead atoms. The monoisotopic (exact) mass is 450 g/mol. The molecule has 1 saturated carbocycles. The van der Waals surface area contributed by atoms with E-state index < -0.39 is 12.2 Å². The molecular weight excluding hydrogens is 409 g/mol. The van der Waals surface area contributed by atoms with Crippen LogP contribution in [0.4, 0.5) is 13.2 Å². The summed E-state index contributed by atoms with van der Waals surface area (Å²) in [6.45, 7) is 5.00. The van der Waals surface area contributed by atoms with Crippen LogP contribution in [0, 0.1) is 17.7 Å². The number of hydrogen-bond acceptors (Lipinski definition) is 1. The van der Waals surface area contributed by atoms with Gasteiger partial charge in [0, 0.05) is 6.61 Å². The maximum Gasteiger partial charge on any atom is 0.266 e. The number of aryl methyl sites for hydroxylation is 1. The lowest BCUT2D eigenvalue weighted by atomic mass is 9.75. The molecule has 2 aliphatic rings. The largest absolute Gasteiger partial charge is 0.378 e. The van der Waals surface area contributed by atoms with Crippen molar-refractivity contribution in [2.45, 2.75) is 109 Å². The Bertz CT molecular complexity index is 714. The highest BCUT2D eigenvalue weighted by Gasteiger charge is 2.29. The molecule has 2 fully saturated rings. The van der Waals surface area contributed by atoms with Crippen LogP contribution in [0.1, 0.15) is 114 Å². The van der Waals surface area contributed by atoms with Crippen LogP contribution >= 0.6 is 0 Å². The second-order valence-electron chi connectivity index (χ2n) is 9.93. The summed E-state index contributed by atoms with van der Waals surface area (Å²) in [5, 5.41) is 0. The Labute approximate surface area is 192 Å². The van der Waals surface area contributed by atoms with Gasteiger partial charge in [-0.05, 0) is 106 Å². The average Bonchev–Trinajstić information content (AvgIpc) is 2.80. The normalized spacial score (nSPS) is 26.8. The van der Waals surface area contributed by atoms with Gasteiger partial charge in [0.25, 0.3) is 6.43 Å². The Morgan fingerprint density at radius 2 is 1.75 bits per heavy atom. The Kier molecular flexibility index (Phi) is 10.1. The highest BCUT2D eigenvalue weighted by Crippen LogP contribution is 2.42. The molecular formula is C28H41F3O. The second-order valence-corrected chi connectivity index (χ2v) is 9.93. The molecule has 2 unspecified atom stereocenters. The van der Waals surface area contributed by atoms with Crippen molar-refractivity contribution in [2.24, 2.45) is 11.8 Å². The molecule has 32 heavy (non-hydrogen) atoms. The zero-order valence-corrected chi connectivity index (χ0v) is 19.9. The number of ether oxygens (including phenoxy) is 1. The van der Waals surface area contributed by atoms with Crippen LogP contribution in [0.2, 0.25) is 0 Å². The van der Waals surface area contributed by atoms with Gasteiger partial charge < -0.3 is 4.74 Å². The van der Waals surface area contributed by atoms with E-state index in [2.05, 4.69) is 19.1 Å². The van der Waals surface area contributed by atoms with E-state index in [-0.39, 0.29) is 17.6 Å². The minimum Gasteiger partial charge on any atom is -0.378 e. The summed E-state index contributed by atoms with van der Waals surface area (Å²) >= 11 is 0. The Balaban J connectivity index is 1.59. The molecule has 0 N–H and O–H groups in total. The van der Waals surface area contributed by atoms with Gasteiger partial charge >= 0.3 is 0 Å². The van der Waals surface area contributed by atoms with E-state index in [1.165, 1.54) is 12.8 Å². The smallest absolute Gasteiger partial charge is 0.266 e. The molecule has 1 aromatic rings. The molecule has 1 nitrogen and oxygen atoms in total. The average molecular weight is 451 g/mol. The van der Waals surface area contributed by atoms with E-state index in [0.29, 0.717) is 35.8 Å². The third-order valence-corrected chi connectivity index (χ3v) is 7.67. The minimum absolute atomic E-state index is 0.0534. The minimum atomic E-state index is -2.77. The van der Waals surface area contributed by atoms with E-state index in [1.807, 2.05) is 6.92 Å². The predicted octanol–water partition coefficient (Wildman–Crippen LogP) is 8.92. The first-order valence-corrected chi connectivity index (χ1v) is 12.8. The standard InChI is InChI=1S/C28H41F3O/c1-3-5-6-8-20-9-12-22(13-10-20)25-18-15-23(27(29)26(25)28(30)31)14-17-24-16-11-21(7-4-2)19-32-24/h3,5,15,18,20-22,24,28H,4,6-14,16-17,19H2,1-2H3/b5-3+. The molecule has 180 valence electrons. The molecule has 1 aliphatic heterocycles. The van der Waals surface area contributed by atoms with Crippen molar-refractivity contribution >= 4 is 0 Å². The molecule has 3 rings (SSSR count). The molecule has 1 saturated heterocycles. The van der Waals surface area contributed by atoms with Gasteiger partial charge in [0.1, 0.15) is 5.82 Å². The van der Waals surface area contributed by atoms with E-state index in [1.54, 1.807) is 12.1 Å². The van der Waals surface area contributed by atoms with Crippen molar-refractivity contribution in [2.75, 3.05) is 6.61 Å². The van der Waals surface area contributed by atoms with Crippen LogP contribution in [0.3, 0.4) is 0 Å². The summed E-state index contributed by atoms with van der Waals surface area (Å²) in [5.74, 6) is 0.676. The van der Waals surface area contributed by atoms with E-state index >= 15 is 4.39 Å². The highest BCUT2D eigenvalue weighted by atomic mass is 19.3. The summed E-state index contributed by atoms with van der Waals surface area (Å²) in [4.78, 5) is 0. The second kappa shape index (κ2) is 12.8. The number of hydrogen-bond donors (Lipinski definition) is 0. The molecule has 0 amide bonds. The molecule has 1 heterocycles. The Morgan fingerprint density at radius 1 is 1.00 bits per heavy atom. The SMILES string of the molecule is C/C=C/CCC1CCC(c2ccc(CCC3CCC(CCC)CO3)c(F)c2C(F)F)CC1. The summed E-state index contributed by atoms with van der Waals surface area (Å²) in [7, 11) is 0. The molecule has 2 atom stereocenters. The topological polar surface area (TPSA) is 9.23 Å². The lowest BCUT2D eigenvalue weighted by molar-refractivity contribution is -0.0216. The fourth-order valence-corrected chi connectivity index (χ4v) is 5.73. The highest BCUT2D eigenvalue weighted by molar-refractivity contribution is 5.37. The number of alkyl halides is 2. The van der Waals surface area contributed by atoms with Gasteiger partial charge in [-0.1, -0.05) is 37.6 Å². The third kappa shape index (κ3) is 6.85. The Morgan fingerprint density at radius 3 is 2.38 bits per heavy atom. The lowest BCUT2D eigenvalue weighted by Crippen LogP contribution is -2.26. The fourth-order valence-electron chi connectivity index (χ4n) is 5.73. The number of benzene rings is 1. The fraction of sp³-hybridized carbons (Fsp3) is 0.714. The van der Waals surface area contributed by atoms with Crippen LogP contribution in [0.25, 0.3) is 0 Å². The Hall–Kier alpha value is -1.29. The first kappa shape index (κ1) is 25.3. The van der Waals surface area contributed by atoms with Crippen molar-refractivity contribution in [3.05, 3.63) is 46.8 Å². The first-order chi connectivity index (χ1) is 15.5. The van der Waals surface area contributed by atoms with Crippen LogP contribution in [-0.4, -0.2) is 12.7 Å². The zero-order chi connectivity index (χ0) is 22.9. The van der Waals surface area contributed by atoms with Crippen molar-refractivity contribution in [3.63, 3.8) is 0 Å². The summed E-state index contributed by atoms with van der Waals surface area (Å²) in [6.07, 6.45) is 13.4. The van der Waals surface area contributed by atoms with Gasteiger partial charge in [-0.25, -0.2) is 13.2 Å². The molecule has 0 spiro atoms. The van der Waals surface area contributed by atoms with Gasteiger partial charge in [-0.2, -0.15) is 0 Å². The van der Waals surface area contributed by atoms with Gasteiger partial charge in [0.15, 0.2) is 0 Å². The van der Waals surface area contributed by atoms with Gasteiger partial charge in [-0.15, -0.1) is 0 Å². The van der Waals surface area contributed by atoms with Crippen molar-refractivity contribution in [1.29, 1.82) is 0 Å². The maximum atomic E-state index is 15.2. The summed E-state index contributed by atoms with van der Waals surface area (Å²) < 4.78 is 49.1. The lowest BCUT2D eigenvalue weighted by Gasteiger charge is -2.30. The molecule has 0 radical (unpaired) electrons. The van der Waals surface area contributed by atoms with Crippen LogP contribution < -0.4 is 0 Å². The zero-order valence-electron chi connectivity index (χ0n) is 19.9. The molecule has 0 aromatic heterocycles. The van der Waals surface area contributed by atoms with Crippen molar-refractivity contribution in [3.8, 4) is 0 Å². The van der Waals surface area contributed by atoms with E-state index in [9.17, 15) is 8.78 Å². The quantitative estimate of drug-likeness (QED) is 0.323. The number of allylic oxidation sites excluding steroid dienone is 2. The van der Waals surface area contributed by atoms with Gasteiger partial charge in [-0.3, -0.25) is 0 Å². The van der Waals surface area contributed by atoms with Gasteiger partial charge in [0.2, 0.25) is 0 Å². The molecule has 4 heteroatoms. The number of rotatable bonds is 10. The van der Waals surface area contributed by atoms with Crippen molar-refractivity contribution < 1.29 is 17.9 Å². The van der Waals surface area contributed by atoms with Crippen LogP contribution in [0.15, 0.2) is 24.3 Å². The molecule has 1 aromatic carbocycles. The van der Waals surface area contributed by atoms with E-state index in [0.717, 1.165) is 58.0 Å². The summed E-state index contributed by atoms with van der Waals surface area (Å²) in [5.41, 5.74) is 0.625. The first-order valence-electron chi connectivity index (χ1n) is 12.8. The van der Waals surface area contributed by atoms with Crippen molar-refractivity contribution in [1.82, 2.24) is 0 Å². The van der Waals surface area contributed by atoms with Gasteiger partial charge in [0.05, 0.1) is 11.7 Å².